The summed E-state index contributed by atoms with van der Waals surface area (Å²) < 4.78 is 7.21. The number of likely N-dealkylation sites (N-methyl/N-ethyl adjacent to an activating group) is 1. The van der Waals surface area contributed by atoms with Gasteiger partial charge in [0, 0.05) is 77.8 Å². The summed E-state index contributed by atoms with van der Waals surface area (Å²) in [4.78, 5) is 30.7. The van der Waals surface area contributed by atoms with Crippen molar-refractivity contribution >= 4 is 11.8 Å². The lowest BCUT2D eigenvalue weighted by Crippen LogP contribution is -2.55. The van der Waals surface area contributed by atoms with Crippen molar-refractivity contribution in [1.82, 2.24) is 24.5 Å². The molecule has 28 heavy (non-hydrogen) atoms. The Morgan fingerprint density at radius 2 is 1.96 bits per heavy atom. The fourth-order valence-corrected chi connectivity index (χ4v) is 4.23. The van der Waals surface area contributed by atoms with E-state index in [9.17, 15) is 9.59 Å². The Morgan fingerprint density at radius 3 is 2.64 bits per heavy atom. The van der Waals surface area contributed by atoms with Crippen LogP contribution in [0.3, 0.4) is 0 Å². The van der Waals surface area contributed by atoms with Crippen molar-refractivity contribution in [3.05, 3.63) is 18.5 Å². The summed E-state index contributed by atoms with van der Waals surface area (Å²) in [6.45, 7) is 6.64. The zero-order chi connectivity index (χ0) is 19.9. The van der Waals surface area contributed by atoms with Gasteiger partial charge in [-0.3, -0.25) is 19.2 Å². The lowest BCUT2D eigenvalue weighted by molar-refractivity contribution is -0.131. The second-order valence-corrected chi connectivity index (χ2v) is 7.86. The molecule has 1 unspecified atom stereocenters. The second kappa shape index (κ2) is 10.0. The van der Waals surface area contributed by atoms with Crippen molar-refractivity contribution < 1.29 is 14.3 Å². The third-order valence-corrected chi connectivity index (χ3v) is 5.95. The smallest absolute Gasteiger partial charge is 0.244 e. The van der Waals surface area contributed by atoms with Crippen molar-refractivity contribution in [2.75, 3.05) is 46.4 Å². The van der Waals surface area contributed by atoms with E-state index in [0.29, 0.717) is 18.6 Å². The summed E-state index contributed by atoms with van der Waals surface area (Å²) in [5.74, 6) is 0.216. The molecule has 156 valence electrons. The maximum atomic E-state index is 12.5. The van der Waals surface area contributed by atoms with Gasteiger partial charge in [-0.2, -0.15) is 5.10 Å². The number of carbonyl (C=O) groups excluding carboxylic acids is 2. The zero-order valence-corrected chi connectivity index (χ0v) is 17.1. The van der Waals surface area contributed by atoms with Crippen LogP contribution in [0.2, 0.25) is 0 Å². The van der Waals surface area contributed by atoms with E-state index in [2.05, 4.69) is 10.00 Å². The highest BCUT2D eigenvalue weighted by Gasteiger charge is 2.32. The molecule has 2 amide bonds. The van der Waals surface area contributed by atoms with Crippen molar-refractivity contribution in [2.24, 2.45) is 0 Å². The molecule has 2 saturated heterocycles. The molecule has 0 bridgehead atoms. The van der Waals surface area contributed by atoms with Crippen molar-refractivity contribution in [2.45, 2.75) is 51.2 Å². The summed E-state index contributed by atoms with van der Waals surface area (Å²) in [7, 11) is 1.86. The first kappa shape index (κ1) is 20.8. The highest BCUT2D eigenvalue weighted by Crippen LogP contribution is 2.23. The van der Waals surface area contributed by atoms with E-state index < -0.39 is 0 Å². The third kappa shape index (κ3) is 5.54. The summed E-state index contributed by atoms with van der Waals surface area (Å²) in [6, 6.07) is 2.64. The van der Waals surface area contributed by atoms with Gasteiger partial charge >= 0.3 is 0 Å². The summed E-state index contributed by atoms with van der Waals surface area (Å²) >= 11 is 0. The topological polar surface area (TPSA) is 70.9 Å². The number of aromatic nitrogens is 2. The Labute approximate surface area is 167 Å². The minimum Gasteiger partial charge on any atom is -0.381 e. The number of carbonyl (C=O) groups is 2. The Hall–Kier alpha value is -1.93. The Balaban J connectivity index is 1.60. The zero-order valence-electron chi connectivity index (χ0n) is 17.1. The Morgan fingerprint density at radius 1 is 1.18 bits per heavy atom. The van der Waals surface area contributed by atoms with Gasteiger partial charge in [-0.1, -0.05) is 0 Å². The van der Waals surface area contributed by atoms with Gasteiger partial charge in [-0.05, 0) is 31.7 Å². The molecule has 3 heterocycles. The first-order valence-electron chi connectivity index (χ1n) is 10.3. The van der Waals surface area contributed by atoms with Gasteiger partial charge in [-0.25, -0.2) is 0 Å². The molecule has 2 fully saturated rings. The Kier molecular flexibility index (Phi) is 7.44. The van der Waals surface area contributed by atoms with Crippen molar-refractivity contribution in [3.8, 4) is 0 Å². The van der Waals surface area contributed by atoms with Gasteiger partial charge in [0.1, 0.15) is 6.54 Å². The highest BCUT2D eigenvalue weighted by atomic mass is 16.5. The van der Waals surface area contributed by atoms with E-state index in [1.807, 2.05) is 18.0 Å². The molecule has 2 aliphatic rings. The lowest BCUT2D eigenvalue weighted by Gasteiger charge is -2.44. The van der Waals surface area contributed by atoms with E-state index >= 15 is 0 Å². The highest BCUT2D eigenvalue weighted by molar-refractivity contribution is 5.75. The number of nitrogens with zero attached hydrogens (tertiary/aromatic N) is 5. The fraction of sp³-hybridized carbons (Fsp3) is 0.750. The molecule has 8 heteroatoms. The molecule has 1 atom stereocenters. The lowest BCUT2D eigenvalue weighted by atomic mass is 9.98. The van der Waals surface area contributed by atoms with E-state index in [4.69, 9.17) is 4.74 Å². The van der Waals surface area contributed by atoms with Gasteiger partial charge in [0.05, 0.1) is 0 Å². The van der Waals surface area contributed by atoms with Crippen LogP contribution >= 0.6 is 0 Å². The molecule has 0 N–H and O–H groups in total. The standard InChI is InChI=1S/C20H33N5O3/c1-17(26)23-9-3-5-19(15-23)25(18-6-13-28-14-7-18)12-11-22(2)20(27)16-24-10-4-8-21-24/h4,8,10,18-19H,3,5-7,9,11-16H2,1-2H3. The van der Waals surface area contributed by atoms with Crippen LogP contribution in [0, 0.1) is 0 Å². The molecule has 0 aromatic carbocycles. The number of hydrogen-bond acceptors (Lipinski definition) is 5. The molecule has 0 saturated carbocycles. The summed E-state index contributed by atoms with van der Waals surface area (Å²) in [6.07, 6.45) is 7.66. The summed E-state index contributed by atoms with van der Waals surface area (Å²) in [5.41, 5.74) is 0. The molecular weight excluding hydrogens is 358 g/mol. The van der Waals surface area contributed by atoms with Gasteiger partial charge in [-0.15, -0.1) is 0 Å². The van der Waals surface area contributed by atoms with Gasteiger partial charge in [0.25, 0.3) is 0 Å². The van der Waals surface area contributed by atoms with E-state index in [-0.39, 0.29) is 18.4 Å². The monoisotopic (exact) mass is 391 g/mol. The van der Waals surface area contributed by atoms with Crippen LogP contribution in [0.15, 0.2) is 18.5 Å². The van der Waals surface area contributed by atoms with Crippen LogP contribution in [0.5, 0.6) is 0 Å². The van der Waals surface area contributed by atoms with Gasteiger partial charge in [0.15, 0.2) is 0 Å². The number of rotatable bonds is 7. The Bertz CT molecular complexity index is 630. The quantitative estimate of drug-likeness (QED) is 0.689. The molecule has 2 aliphatic heterocycles. The first-order chi connectivity index (χ1) is 13.5. The van der Waals surface area contributed by atoms with Gasteiger partial charge in [0.2, 0.25) is 11.8 Å². The molecule has 1 aromatic heterocycles. The fourth-order valence-electron chi connectivity index (χ4n) is 4.23. The summed E-state index contributed by atoms with van der Waals surface area (Å²) in [5, 5.41) is 4.11. The van der Waals surface area contributed by atoms with Crippen LogP contribution in [0.25, 0.3) is 0 Å². The van der Waals surface area contributed by atoms with Crippen molar-refractivity contribution in [1.29, 1.82) is 0 Å². The largest absolute Gasteiger partial charge is 0.381 e. The average Bonchev–Trinajstić information content (AvgIpc) is 3.22. The maximum absolute atomic E-state index is 12.5. The number of piperidine rings is 1. The minimum absolute atomic E-state index is 0.0598. The van der Waals surface area contributed by atoms with Crippen LogP contribution in [-0.2, 0) is 20.9 Å². The van der Waals surface area contributed by atoms with Gasteiger partial charge < -0.3 is 14.5 Å². The van der Waals surface area contributed by atoms with Crippen LogP contribution in [0.4, 0.5) is 0 Å². The molecular formula is C20H33N5O3. The first-order valence-corrected chi connectivity index (χ1v) is 10.3. The molecule has 0 radical (unpaired) electrons. The normalized spacial score (nSPS) is 21.1. The van der Waals surface area contributed by atoms with E-state index in [0.717, 1.165) is 58.5 Å². The predicted octanol–water partition coefficient (Wildman–Crippen LogP) is 0.833. The van der Waals surface area contributed by atoms with Crippen LogP contribution in [0.1, 0.15) is 32.6 Å². The average molecular weight is 392 g/mol. The molecule has 8 nitrogen and oxygen atoms in total. The number of ether oxygens (including phenoxy) is 1. The molecule has 0 spiro atoms. The second-order valence-electron chi connectivity index (χ2n) is 7.86. The van der Waals surface area contributed by atoms with Crippen LogP contribution in [-0.4, -0.2) is 94.8 Å². The molecule has 1 aromatic rings. The molecule has 0 aliphatic carbocycles. The third-order valence-electron chi connectivity index (χ3n) is 5.95. The number of likely N-dealkylation sites (tertiary alicyclic amines) is 1. The number of amides is 2. The van der Waals surface area contributed by atoms with Crippen molar-refractivity contribution in [3.63, 3.8) is 0 Å². The number of hydrogen-bond donors (Lipinski definition) is 0. The van der Waals surface area contributed by atoms with Crippen LogP contribution < -0.4 is 0 Å². The predicted molar refractivity (Wildman–Crippen MR) is 106 cm³/mol. The maximum Gasteiger partial charge on any atom is 0.244 e. The molecule has 3 rings (SSSR count). The SMILES string of the molecule is CC(=O)N1CCCC(N(CCN(C)C(=O)Cn2cccn2)C2CCOCC2)C1. The van der Waals surface area contributed by atoms with E-state index in [1.165, 1.54) is 0 Å². The minimum atomic E-state index is 0.0598. The van der Waals surface area contributed by atoms with E-state index in [1.54, 1.807) is 28.9 Å².